The van der Waals surface area contributed by atoms with Crippen LogP contribution in [0.3, 0.4) is 0 Å². The Bertz CT molecular complexity index is 2010. The molecule has 1 aromatic carbocycles. The quantitative estimate of drug-likeness (QED) is 0.122. The number of halogens is 1. The van der Waals surface area contributed by atoms with Gasteiger partial charge in [0, 0.05) is 24.1 Å². The molecule has 3 aliphatic heterocycles. The van der Waals surface area contributed by atoms with Gasteiger partial charge in [-0.2, -0.15) is 0 Å². The lowest BCUT2D eigenvalue weighted by atomic mass is 9.85. The third kappa shape index (κ3) is 6.88. The van der Waals surface area contributed by atoms with Crippen LogP contribution in [0.1, 0.15) is 89.3 Å². The highest BCUT2D eigenvalue weighted by Gasteiger charge is 2.50. The number of amides is 1. The van der Waals surface area contributed by atoms with Crippen LogP contribution in [0.5, 0.6) is 0 Å². The zero-order valence-corrected chi connectivity index (χ0v) is 30.6. The molecule has 0 saturated heterocycles. The molecule has 278 valence electrons. The van der Waals surface area contributed by atoms with Gasteiger partial charge in [-0.05, 0) is 49.8 Å². The summed E-state index contributed by atoms with van der Waals surface area (Å²) in [7, 11) is 0. The number of ether oxygens (including phenoxy) is 2. The Hall–Kier alpha value is -4.82. The van der Waals surface area contributed by atoms with Crippen molar-refractivity contribution in [3.63, 3.8) is 0 Å². The van der Waals surface area contributed by atoms with Gasteiger partial charge in [-0.3, -0.25) is 14.4 Å². The van der Waals surface area contributed by atoms with E-state index in [1.807, 2.05) is 38.4 Å². The molecule has 15 heteroatoms. The molecule has 6 rings (SSSR count). The Balaban J connectivity index is 0.00000523. The van der Waals surface area contributed by atoms with Gasteiger partial charge in [0.1, 0.15) is 12.6 Å². The standard InChI is InChI=1S/C37H44N6O8.ClH/c1-5-7-8-14-42-19-39-25-10-9-11-26-30(25)32(42)21-17-43-28(31(21)40-26)16-23-22(34(43)46)18-50-36(49)37(23,6-2)51-29(44)13-12-27(35(47)48)41-33(45)24(38)15-20(3)4;/h9-11,16,19-20,24,27H,5-8,12-15,17-18,38H2,1-4H3,(H,41,45)(H,47,48);1H/t24-,27-,37-;/m0./s1. The Kier molecular flexibility index (Phi) is 11.4. The van der Waals surface area contributed by atoms with E-state index in [1.54, 1.807) is 17.6 Å². The molecule has 0 saturated carbocycles. The van der Waals surface area contributed by atoms with Gasteiger partial charge < -0.3 is 35.1 Å². The van der Waals surface area contributed by atoms with Crippen LogP contribution >= 0.6 is 12.4 Å². The summed E-state index contributed by atoms with van der Waals surface area (Å²) >= 11 is 0. The van der Waals surface area contributed by atoms with E-state index in [0.29, 0.717) is 17.8 Å². The van der Waals surface area contributed by atoms with Crippen LogP contribution in [0, 0.1) is 5.92 Å². The monoisotopic (exact) mass is 736 g/mol. The lowest BCUT2D eigenvalue weighted by Gasteiger charge is -2.35. The maximum absolute atomic E-state index is 14.2. The van der Waals surface area contributed by atoms with Crippen molar-refractivity contribution in [1.29, 1.82) is 0 Å². The molecule has 0 spiro atoms. The molecular formula is C37H45ClN6O8. The van der Waals surface area contributed by atoms with E-state index >= 15 is 0 Å². The van der Waals surface area contributed by atoms with E-state index in [0.717, 1.165) is 53.6 Å². The first-order chi connectivity index (χ1) is 24.4. The number of hydrogen-bond donors (Lipinski definition) is 3. The number of benzene rings is 1. The number of nitrogens with one attached hydrogen (secondary N) is 1. The molecule has 0 fully saturated rings. The third-order valence-electron chi connectivity index (χ3n) is 9.86. The highest BCUT2D eigenvalue weighted by atomic mass is 35.5. The van der Waals surface area contributed by atoms with Crippen molar-refractivity contribution in [2.75, 3.05) is 11.4 Å². The summed E-state index contributed by atoms with van der Waals surface area (Å²) < 4.78 is 13.0. The number of carboxylic acids is 1. The fourth-order valence-corrected chi connectivity index (χ4v) is 7.22. The van der Waals surface area contributed by atoms with Gasteiger partial charge in [0.25, 0.3) is 5.56 Å². The van der Waals surface area contributed by atoms with E-state index in [2.05, 4.69) is 17.1 Å². The number of cyclic esters (lactones) is 1. The Morgan fingerprint density at radius 2 is 1.92 bits per heavy atom. The van der Waals surface area contributed by atoms with Crippen LogP contribution in [0.15, 0.2) is 34.1 Å². The molecular weight excluding hydrogens is 692 g/mol. The minimum atomic E-state index is -1.96. The zero-order chi connectivity index (χ0) is 36.6. The van der Waals surface area contributed by atoms with E-state index in [9.17, 15) is 29.1 Å². The first-order valence-electron chi connectivity index (χ1n) is 17.6. The molecule has 14 nitrogen and oxygen atoms in total. The van der Waals surface area contributed by atoms with E-state index in [1.165, 1.54) is 0 Å². The van der Waals surface area contributed by atoms with Gasteiger partial charge in [0.2, 0.25) is 11.5 Å². The topological polar surface area (TPSA) is 196 Å². The van der Waals surface area contributed by atoms with Gasteiger partial charge >= 0.3 is 17.9 Å². The van der Waals surface area contributed by atoms with Crippen molar-refractivity contribution in [2.24, 2.45) is 16.6 Å². The maximum Gasteiger partial charge on any atom is 0.355 e. The van der Waals surface area contributed by atoms with Gasteiger partial charge in [-0.25, -0.2) is 19.6 Å². The number of rotatable bonds is 14. The number of aliphatic carboxylic acids is 1. The number of fused-ring (bicyclic) bond motifs is 5. The normalized spacial score (nSPS) is 17.8. The molecule has 1 amide bonds. The summed E-state index contributed by atoms with van der Waals surface area (Å²) in [6, 6.07) is 5.11. The summed E-state index contributed by atoms with van der Waals surface area (Å²) in [4.78, 5) is 77.4. The SMILES string of the molecule is CCCCCN1C=Nc2cccc3nc4c(c1c23)Cn1c-4cc2c(c1=O)COC(=O)[C@@]2(CC)OC(=O)CC[C@H](NC(=O)[C@@H](N)CC(C)C)C(=O)O.Cl. The molecule has 3 aliphatic rings. The molecule has 5 heterocycles. The number of carboxylic acid groups (broad SMARTS) is 1. The van der Waals surface area contributed by atoms with Crippen molar-refractivity contribution in [3.8, 4) is 11.4 Å². The summed E-state index contributed by atoms with van der Waals surface area (Å²) in [6.07, 6.45) is 4.46. The summed E-state index contributed by atoms with van der Waals surface area (Å²) in [5.41, 5.74) is 8.39. The molecule has 0 bridgehead atoms. The van der Waals surface area contributed by atoms with Crippen molar-refractivity contribution in [3.05, 3.63) is 51.3 Å². The minimum absolute atomic E-state index is 0. The van der Waals surface area contributed by atoms with Gasteiger partial charge in [-0.15, -0.1) is 12.4 Å². The lowest BCUT2D eigenvalue weighted by Crippen LogP contribution is -2.49. The molecule has 0 aliphatic carbocycles. The zero-order valence-electron chi connectivity index (χ0n) is 29.8. The number of unbranched alkanes of at least 4 members (excludes halogenated alkanes) is 2. The van der Waals surface area contributed by atoms with Crippen LogP contribution in [-0.4, -0.2) is 63.4 Å². The van der Waals surface area contributed by atoms with Gasteiger partial charge in [0.05, 0.1) is 58.2 Å². The average molecular weight is 737 g/mol. The third-order valence-corrected chi connectivity index (χ3v) is 9.86. The van der Waals surface area contributed by atoms with Crippen molar-refractivity contribution in [1.82, 2.24) is 14.9 Å². The highest BCUT2D eigenvalue weighted by Crippen LogP contribution is 2.47. The predicted molar refractivity (Wildman–Crippen MR) is 197 cm³/mol. The summed E-state index contributed by atoms with van der Waals surface area (Å²) in [5, 5.41) is 13.1. The molecule has 3 atom stereocenters. The second-order valence-electron chi connectivity index (χ2n) is 13.8. The number of carbonyl (C=O) groups is 4. The number of aliphatic imine (C=N–C) groups is 1. The summed E-state index contributed by atoms with van der Waals surface area (Å²) in [6.45, 7) is 8.26. The number of pyridine rings is 2. The fourth-order valence-electron chi connectivity index (χ4n) is 7.22. The summed E-state index contributed by atoms with van der Waals surface area (Å²) in [5.74, 6) is -3.59. The van der Waals surface area contributed by atoms with Crippen LogP contribution in [0.2, 0.25) is 0 Å². The largest absolute Gasteiger partial charge is 0.480 e. The first kappa shape index (κ1) is 38.4. The van der Waals surface area contributed by atoms with Gasteiger partial charge in [-0.1, -0.05) is 46.6 Å². The number of hydrogen-bond acceptors (Lipinski definition) is 11. The van der Waals surface area contributed by atoms with Crippen LogP contribution in [-0.2, 0) is 47.4 Å². The van der Waals surface area contributed by atoms with Crippen molar-refractivity contribution < 1.29 is 33.8 Å². The van der Waals surface area contributed by atoms with Crippen LogP contribution in [0.25, 0.3) is 22.3 Å². The van der Waals surface area contributed by atoms with E-state index in [-0.39, 0.29) is 61.0 Å². The molecule has 0 radical (unpaired) electrons. The lowest BCUT2D eigenvalue weighted by molar-refractivity contribution is -0.189. The van der Waals surface area contributed by atoms with Crippen molar-refractivity contribution in [2.45, 2.75) is 103 Å². The van der Waals surface area contributed by atoms with Crippen molar-refractivity contribution >= 4 is 64.8 Å². The number of nitrogens with zero attached hydrogens (tertiary/aromatic N) is 4. The smallest absolute Gasteiger partial charge is 0.355 e. The van der Waals surface area contributed by atoms with Crippen LogP contribution < -0.4 is 21.5 Å². The Labute approximate surface area is 307 Å². The molecule has 2 aromatic heterocycles. The Morgan fingerprint density at radius 1 is 1.15 bits per heavy atom. The Morgan fingerprint density at radius 3 is 2.62 bits per heavy atom. The number of aromatic nitrogens is 2. The number of nitrogens with two attached hydrogens (primary N) is 1. The molecule has 52 heavy (non-hydrogen) atoms. The highest BCUT2D eigenvalue weighted by molar-refractivity contribution is 6.11. The van der Waals surface area contributed by atoms with E-state index < -0.39 is 47.9 Å². The predicted octanol–water partition coefficient (Wildman–Crippen LogP) is 4.45. The fraction of sp³-hybridized carbons (Fsp3) is 0.486. The molecule has 0 unspecified atom stereocenters. The second-order valence-corrected chi connectivity index (χ2v) is 13.8. The first-order valence-corrected chi connectivity index (χ1v) is 17.6. The number of esters is 2. The van der Waals surface area contributed by atoms with Gasteiger partial charge in [0.15, 0.2) is 0 Å². The van der Waals surface area contributed by atoms with E-state index in [4.69, 9.17) is 25.2 Å². The average Bonchev–Trinajstić information content (AvgIpc) is 3.47. The number of carbonyl (C=O) groups excluding carboxylic acids is 3. The second kappa shape index (κ2) is 15.4. The molecule has 4 N–H and O–H groups in total. The number of anilines is 1. The molecule has 3 aromatic rings. The minimum Gasteiger partial charge on any atom is -0.480 e. The maximum atomic E-state index is 14.2. The van der Waals surface area contributed by atoms with Crippen LogP contribution in [0.4, 0.5) is 11.4 Å².